The summed E-state index contributed by atoms with van der Waals surface area (Å²) >= 11 is 0. The topological polar surface area (TPSA) is 89.1 Å². The van der Waals surface area contributed by atoms with Crippen LogP contribution in [0.25, 0.3) is 5.57 Å². The number of aromatic amines is 1. The van der Waals surface area contributed by atoms with E-state index in [2.05, 4.69) is 9.88 Å². The van der Waals surface area contributed by atoms with Gasteiger partial charge in [0.25, 0.3) is 0 Å². The predicted molar refractivity (Wildman–Crippen MR) is 141 cm³/mol. The highest BCUT2D eigenvalue weighted by Crippen LogP contribution is 2.34. The number of fused-ring (bicyclic) bond motifs is 1. The van der Waals surface area contributed by atoms with E-state index in [4.69, 9.17) is 4.74 Å². The number of aliphatic hydroxyl groups is 1. The van der Waals surface area contributed by atoms with E-state index in [0.29, 0.717) is 75.0 Å². The maximum absolute atomic E-state index is 14.0. The maximum Gasteiger partial charge on any atom is 0.229 e. The van der Waals surface area contributed by atoms with Gasteiger partial charge in [-0.1, -0.05) is 6.08 Å². The number of ether oxygens (including phenoxy) is 1. The average Bonchev–Trinajstić information content (AvgIpc) is 2.91. The Morgan fingerprint density at radius 3 is 2.42 bits per heavy atom. The number of carbonyl (C=O) groups is 1. The number of halogens is 2. The fourth-order valence-electron chi connectivity index (χ4n) is 5.58. The van der Waals surface area contributed by atoms with Gasteiger partial charge in [0.2, 0.25) is 5.91 Å². The number of likely N-dealkylation sites (N-methyl/N-ethyl adjacent to an activating group) is 1. The van der Waals surface area contributed by atoms with Crippen molar-refractivity contribution in [3.05, 3.63) is 63.5 Å². The second kappa shape index (κ2) is 10.9. The lowest BCUT2D eigenvalue weighted by Gasteiger charge is -2.36. The highest BCUT2D eigenvalue weighted by molar-refractivity contribution is 5.87. The molecule has 1 aromatic heterocycles. The second-order valence-corrected chi connectivity index (χ2v) is 10.4. The molecule has 5 rings (SSSR count). The number of morpholine rings is 1. The molecule has 8 nitrogen and oxygen atoms in total. The van der Waals surface area contributed by atoms with Gasteiger partial charge in [-0.2, -0.15) is 0 Å². The first-order valence-corrected chi connectivity index (χ1v) is 13.2. The number of nitrogens with zero attached hydrogens (tertiary/aromatic N) is 3. The number of likely N-dealkylation sites (tertiary alicyclic amines) is 1. The fourth-order valence-corrected chi connectivity index (χ4v) is 5.58. The third-order valence-corrected chi connectivity index (χ3v) is 7.94. The normalized spacial score (nSPS) is 21.1. The molecule has 38 heavy (non-hydrogen) atoms. The summed E-state index contributed by atoms with van der Waals surface area (Å²) in [5.41, 5.74) is 2.10. The molecule has 2 unspecified atom stereocenters. The molecule has 3 aliphatic rings. The summed E-state index contributed by atoms with van der Waals surface area (Å²) in [6, 6.07) is 4.52. The van der Waals surface area contributed by atoms with Crippen molar-refractivity contribution in [2.75, 3.05) is 56.2 Å². The molecule has 1 aromatic carbocycles. The van der Waals surface area contributed by atoms with E-state index in [1.807, 2.05) is 13.0 Å². The first-order chi connectivity index (χ1) is 18.2. The Bertz CT molecular complexity index is 1260. The number of anilines is 2. The standard InChI is InChI=1S/C28H34F2N4O4/c1-17(32(2)21-14-19(29)13-20(30)15-21)23-11-18(28(37)34-5-3-22(35)4-6-34)12-24-25(36)16-26(31-27(23)24)33-7-9-38-10-8-33/h11,13-18,22,35H,3-10,12H2,1-2H3,(H,31,36). The van der Waals surface area contributed by atoms with Crippen LogP contribution in [0.1, 0.15) is 31.0 Å². The lowest BCUT2D eigenvalue weighted by molar-refractivity contribution is -0.136. The Balaban J connectivity index is 1.54. The summed E-state index contributed by atoms with van der Waals surface area (Å²) < 4.78 is 33.5. The number of H-pyrrole nitrogens is 1. The highest BCUT2D eigenvalue weighted by Gasteiger charge is 2.34. The average molecular weight is 529 g/mol. The fraction of sp³-hybridized carbons (Fsp3) is 0.500. The SMILES string of the molecule is CC(C1=CC(C(=O)N2CCC(O)CC2)Cc2c1[nH]c(N1CCOCC1)cc2=O)N(C)c1cc(F)cc(F)c1. The number of nitrogens with one attached hydrogen (secondary N) is 1. The first kappa shape index (κ1) is 26.4. The minimum atomic E-state index is -0.680. The van der Waals surface area contributed by atoms with E-state index in [1.165, 1.54) is 12.1 Å². The smallest absolute Gasteiger partial charge is 0.229 e. The summed E-state index contributed by atoms with van der Waals surface area (Å²) in [6.45, 7) is 5.25. The summed E-state index contributed by atoms with van der Waals surface area (Å²) in [4.78, 5) is 36.0. The Hall–Kier alpha value is -3.24. The largest absolute Gasteiger partial charge is 0.393 e. The van der Waals surface area contributed by atoms with E-state index in [-0.39, 0.29) is 17.8 Å². The summed E-state index contributed by atoms with van der Waals surface area (Å²) in [5.74, 6) is -1.31. The van der Waals surface area contributed by atoms with Crippen molar-refractivity contribution in [1.29, 1.82) is 0 Å². The zero-order valence-electron chi connectivity index (χ0n) is 21.8. The third kappa shape index (κ3) is 5.33. The van der Waals surface area contributed by atoms with Gasteiger partial charge in [-0.05, 0) is 43.9 Å². The number of rotatable bonds is 5. The van der Waals surface area contributed by atoms with Crippen molar-refractivity contribution in [2.45, 2.75) is 38.3 Å². The lowest BCUT2D eigenvalue weighted by atomic mass is 9.83. The van der Waals surface area contributed by atoms with Crippen LogP contribution in [0.2, 0.25) is 0 Å². The monoisotopic (exact) mass is 528 g/mol. The van der Waals surface area contributed by atoms with Gasteiger partial charge in [0.1, 0.15) is 17.5 Å². The van der Waals surface area contributed by atoms with Crippen LogP contribution in [-0.2, 0) is 16.0 Å². The number of benzene rings is 1. The summed E-state index contributed by atoms with van der Waals surface area (Å²) in [5, 5.41) is 9.88. The molecule has 2 fully saturated rings. The Morgan fingerprint density at radius 2 is 1.76 bits per heavy atom. The number of pyridine rings is 1. The minimum Gasteiger partial charge on any atom is -0.393 e. The molecule has 2 aliphatic heterocycles. The minimum absolute atomic E-state index is 0.0802. The Kier molecular flexibility index (Phi) is 7.54. The zero-order chi connectivity index (χ0) is 27.0. The van der Waals surface area contributed by atoms with Gasteiger partial charge in [-0.3, -0.25) is 9.59 Å². The zero-order valence-corrected chi connectivity index (χ0v) is 21.8. The van der Waals surface area contributed by atoms with Gasteiger partial charge in [0.15, 0.2) is 5.43 Å². The molecule has 2 aromatic rings. The molecule has 1 aliphatic carbocycles. The van der Waals surface area contributed by atoms with Crippen molar-refractivity contribution in [1.82, 2.24) is 9.88 Å². The van der Waals surface area contributed by atoms with E-state index >= 15 is 0 Å². The van der Waals surface area contributed by atoms with Gasteiger partial charge in [0, 0.05) is 56.6 Å². The molecule has 0 bridgehead atoms. The Morgan fingerprint density at radius 1 is 1.11 bits per heavy atom. The molecule has 10 heteroatoms. The van der Waals surface area contributed by atoms with E-state index in [0.717, 1.165) is 11.6 Å². The molecule has 2 N–H and O–H groups in total. The van der Waals surface area contributed by atoms with Crippen LogP contribution in [0.3, 0.4) is 0 Å². The van der Waals surface area contributed by atoms with Gasteiger partial charge >= 0.3 is 0 Å². The van der Waals surface area contributed by atoms with Crippen molar-refractivity contribution in [3.63, 3.8) is 0 Å². The number of hydrogen-bond acceptors (Lipinski definition) is 6. The lowest BCUT2D eigenvalue weighted by Crippen LogP contribution is -2.44. The summed E-state index contributed by atoms with van der Waals surface area (Å²) in [6.07, 6.45) is 2.81. The quantitative estimate of drug-likeness (QED) is 0.620. The molecule has 0 saturated carbocycles. The van der Waals surface area contributed by atoms with Crippen LogP contribution in [0.5, 0.6) is 0 Å². The van der Waals surface area contributed by atoms with E-state index < -0.39 is 29.7 Å². The number of amides is 1. The van der Waals surface area contributed by atoms with Crippen LogP contribution in [0.15, 0.2) is 35.1 Å². The molecule has 2 atom stereocenters. The van der Waals surface area contributed by atoms with Crippen LogP contribution >= 0.6 is 0 Å². The molecule has 204 valence electrons. The molecular formula is C28H34F2N4O4. The van der Waals surface area contributed by atoms with Crippen molar-refractivity contribution in [3.8, 4) is 0 Å². The van der Waals surface area contributed by atoms with Gasteiger partial charge in [-0.15, -0.1) is 0 Å². The Labute approximate surface area is 220 Å². The maximum atomic E-state index is 14.0. The number of aromatic nitrogens is 1. The molecule has 0 radical (unpaired) electrons. The summed E-state index contributed by atoms with van der Waals surface area (Å²) in [7, 11) is 1.74. The third-order valence-electron chi connectivity index (χ3n) is 7.94. The number of carbonyl (C=O) groups excluding carboxylic acids is 1. The van der Waals surface area contributed by atoms with Gasteiger partial charge < -0.3 is 29.5 Å². The van der Waals surface area contributed by atoms with E-state index in [1.54, 1.807) is 22.9 Å². The van der Waals surface area contributed by atoms with Crippen LogP contribution in [0, 0.1) is 17.6 Å². The molecular weight excluding hydrogens is 494 g/mol. The second-order valence-electron chi connectivity index (χ2n) is 10.4. The number of hydrogen-bond donors (Lipinski definition) is 2. The predicted octanol–water partition coefficient (Wildman–Crippen LogP) is 2.55. The van der Waals surface area contributed by atoms with Crippen molar-refractivity contribution >= 4 is 23.0 Å². The van der Waals surface area contributed by atoms with Crippen LogP contribution < -0.4 is 15.2 Å². The molecule has 1 amide bonds. The number of piperidine rings is 1. The van der Waals surface area contributed by atoms with Gasteiger partial charge in [-0.25, -0.2) is 8.78 Å². The number of aliphatic hydroxyl groups excluding tert-OH is 1. The van der Waals surface area contributed by atoms with Gasteiger partial charge in [0.05, 0.1) is 37.0 Å². The van der Waals surface area contributed by atoms with Crippen molar-refractivity contribution < 1.29 is 23.4 Å². The molecule has 2 saturated heterocycles. The van der Waals surface area contributed by atoms with Crippen LogP contribution in [0.4, 0.5) is 20.3 Å². The highest BCUT2D eigenvalue weighted by atomic mass is 19.1. The van der Waals surface area contributed by atoms with E-state index in [9.17, 15) is 23.5 Å². The first-order valence-electron chi connectivity index (χ1n) is 13.2. The molecule has 0 spiro atoms. The molecule has 3 heterocycles. The van der Waals surface area contributed by atoms with Crippen LogP contribution in [-0.4, -0.2) is 79.5 Å². The van der Waals surface area contributed by atoms with Crippen molar-refractivity contribution in [2.24, 2.45) is 5.92 Å².